The molecule has 1 aliphatic heterocycles. The molecule has 1 N–H and O–H groups in total. The van der Waals surface area contributed by atoms with Crippen molar-refractivity contribution in [2.75, 3.05) is 18.5 Å². The van der Waals surface area contributed by atoms with Crippen LogP contribution in [-0.4, -0.2) is 24.1 Å². The average molecular weight is 302 g/mol. The second-order valence-electron chi connectivity index (χ2n) is 4.47. The first-order valence-electron chi connectivity index (χ1n) is 6.51. The van der Waals surface area contributed by atoms with Crippen LogP contribution in [-0.2, 0) is 4.79 Å². The number of benzene rings is 1. The molecular formula is C15H14N2O3S. The van der Waals surface area contributed by atoms with E-state index >= 15 is 0 Å². The Hall–Kier alpha value is -2.34. The van der Waals surface area contributed by atoms with Gasteiger partial charge < -0.3 is 14.8 Å². The summed E-state index contributed by atoms with van der Waals surface area (Å²) in [5.74, 6) is 1.14. The van der Waals surface area contributed by atoms with Gasteiger partial charge in [0.2, 0.25) is 5.91 Å². The lowest BCUT2D eigenvalue weighted by Gasteiger charge is -2.18. The van der Waals surface area contributed by atoms with Crippen LogP contribution in [0.15, 0.2) is 29.7 Å². The van der Waals surface area contributed by atoms with Crippen LogP contribution in [0.3, 0.4) is 0 Å². The lowest BCUT2D eigenvalue weighted by molar-refractivity contribution is -0.111. The van der Waals surface area contributed by atoms with Crippen LogP contribution < -0.4 is 14.8 Å². The number of nitrogens with zero attached hydrogens (tertiary/aromatic N) is 1. The van der Waals surface area contributed by atoms with Gasteiger partial charge in [0.05, 0.1) is 10.7 Å². The average Bonchev–Trinajstić information content (AvgIpc) is 2.91. The van der Waals surface area contributed by atoms with Crippen molar-refractivity contribution in [2.24, 2.45) is 0 Å². The third kappa shape index (κ3) is 3.41. The van der Waals surface area contributed by atoms with Crippen molar-refractivity contribution in [3.05, 3.63) is 40.4 Å². The number of anilines is 1. The van der Waals surface area contributed by atoms with Crippen molar-refractivity contribution < 1.29 is 14.3 Å². The Morgan fingerprint density at radius 2 is 2.14 bits per heavy atom. The standard InChI is InChI=1S/C15H14N2O3S/c1-10-16-12(9-21-10)3-5-15(18)17-11-2-4-13-14(8-11)20-7-6-19-13/h2-5,8-9H,6-7H2,1H3,(H,17,18)/b5-3+. The molecule has 0 fully saturated rings. The molecule has 1 aliphatic rings. The first-order valence-corrected chi connectivity index (χ1v) is 7.39. The summed E-state index contributed by atoms with van der Waals surface area (Å²) in [6.07, 6.45) is 3.15. The van der Waals surface area contributed by atoms with Gasteiger partial charge in [-0.15, -0.1) is 11.3 Å². The zero-order valence-corrected chi connectivity index (χ0v) is 12.3. The van der Waals surface area contributed by atoms with E-state index in [1.54, 1.807) is 35.6 Å². The maximum atomic E-state index is 11.9. The van der Waals surface area contributed by atoms with E-state index in [9.17, 15) is 4.79 Å². The number of ether oxygens (including phenoxy) is 2. The number of carbonyl (C=O) groups excluding carboxylic acids is 1. The van der Waals surface area contributed by atoms with Gasteiger partial charge in [-0.3, -0.25) is 4.79 Å². The molecule has 5 nitrogen and oxygen atoms in total. The lowest BCUT2D eigenvalue weighted by Crippen LogP contribution is -2.16. The van der Waals surface area contributed by atoms with Crippen LogP contribution in [0.4, 0.5) is 5.69 Å². The SMILES string of the molecule is Cc1nc(/C=C/C(=O)Nc2ccc3c(c2)OCCO3)cs1. The molecule has 21 heavy (non-hydrogen) atoms. The van der Waals surface area contributed by atoms with Gasteiger partial charge in [-0.1, -0.05) is 0 Å². The highest BCUT2D eigenvalue weighted by atomic mass is 32.1. The van der Waals surface area contributed by atoms with Gasteiger partial charge in [-0.05, 0) is 25.1 Å². The number of carbonyl (C=O) groups is 1. The molecule has 6 heteroatoms. The third-order valence-corrected chi connectivity index (χ3v) is 3.64. The van der Waals surface area contributed by atoms with Crippen molar-refractivity contribution in [1.82, 2.24) is 4.98 Å². The van der Waals surface area contributed by atoms with Gasteiger partial charge in [0.25, 0.3) is 0 Å². The van der Waals surface area contributed by atoms with Crippen molar-refractivity contribution in [1.29, 1.82) is 0 Å². The molecule has 0 saturated heterocycles. The number of aromatic nitrogens is 1. The van der Waals surface area contributed by atoms with Gasteiger partial charge in [0, 0.05) is 23.2 Å². The van der Waals surface area contributed by atoms with E-state index < -0.39 is 0 Å². The van der Waals surface area contributed by atoms with E-state index in [1.165, 1.54) is 6.08 Å². The van der Waals surface area contributed by atoms with Crippen molar-refractivity contribution in [3.63, 3.8) is 0 Å². The maximum Gasteiger partial charge on any atom is 0.248 e. The quantitative estimate of drug-likeness (QED) is 0.886. The van der Waals surface area contributed by atoms with Gasteiger partial charge in [0.1, 0.15) is 13.2 Å². The lowest BCUT2D eigenvalue weighted by atomic mass is 10.2. The number of hydrogen-bond acceptors (Lipinski definition) is 5. The monoisotopic (exact) mass is 302 g/mol. The Morgan fingerprint density at radius 1 is 1.33 bits per heavy atom. The fourth-order valence-corrected chi connectivity index (χ4v) is 2.50. The Morgan fingerprint density at radius 3 is 2.90 bits per heavy atom. The summed E-state index contributed by atoms with van der Waals surface area (Å²) in [7, 11) is 0. The molecule has 0 unspecified atom stereocenters. The fourth-order valence-electron chi connectivity index (χ4n) is 1.92. The molecule has 1 aromatic heterocycles. The minimum atomic E-state index is -0.211. The molecule has 0 saturated carbocycles. The Bertz CT molecular complexity index is 694. The fraction of sp³-hybridized carbons (Fsp3) is 0.200. The molecule has 0 radical (unpaired) electrons. The summed E-state index contributed by atoms with van der Waals surface area (Å²) < 4.78 is 10.9. The van der Waals surface area contributed by atoms with Crippen LogP contribution in [0.2, 0.25) is 0 Å². The van der Waals surface area contributed by atoms with Crippen molar-refractivity contribution >= 4 is 29.0 Å². The van der Waals surface area contributed by atoms with Gasteiger partial charge in [0.15, 0.2) is 11.5 Å². The number of fused-ring (bicyclic) bond motifs is 1. The van der Waals surface area contributed by atoms with Crippen molar-refractivity contribution in [3.8, 4) is 11.5 Å². The molecule has 2 heterocycles. The number of amides is 1. The Labute approximate surface area is 126 Å². The topological polar surface area (TPSA) is 60.5 Å². The summed E-state index contributed by atoms with van der Waals surface area (Å²) in [5.41, 5.74) is 1.46. The molecular weight excluding hydrogens is 288 g/mol. The molecule has 0 spiro atoms. The largest absolute Gasteiger partial charge is 0.486 e. The minimum Gasteiger partial charge on any atom is -0.486 e. The van der Waals surface area contributed by atoms with E-state index in [0.717, 1.165) is 10.7 Å². The van der Waals surface area contributed by atoms with Crippen LogP contribution in [0, 0.1) is 6.92 Å². The predicted octanol–water partition coefficient (Wildman–Crippen LogP) is 2.87. The highest BCUT2D eigenvalue weighted by molar-refractivity contribution is 7.09. The van der Waals surface area contributed by atoms with E-state index in [4.69, 9.17) is 9.47 Å². The zero-order valence-electron chi connectivity index (χ0n) is 11.5. The van der Waals surface area contributed by atoms with E-state index in [1.807, 2.05) is 12.3 Å². The summed E-state index contributed by atoms with van der Waals surface area (Å²) in [4.78, 5) is 16.1. The normalized spacial score (nSPS) is 13.4. The number of hydrogen-bond donors (Lipinski definition) is 1. The third-order valence-electron chi connectivity index (χ3n) is 2.85. The molecule has 0 bridgehead atoms. The molecule has 108 valence electrons. The zero-order chi connectivity index (χ0) is 14.7. The van der Waals surface area contributed by atoms with Crippen LogP contribution >= 0.6 is 11.3 Å². The number of aryl methyl sites for hydroxylation is 1. The molecule has 1 aromatic carbocycles. The van der Waals surface area contributed by atoms with E-state index in [0.29, 0.717) is 30.4 Å². The van der Waals surface area contributed by atoms with Gasteiger partial charge in [-0.2, -0.15) is 0 Å². The molecule has 0 atom stereocenters. The van der Waals surface area contributed by atoms with Crippen LogP contribution in [0.1, 0.15) is 10.7 Å². The van der Waals surface area contributed by atoms with Gasteiger partial charge in [-0.25, -0.2) is 4.98 Å². The van der Waals surface area contributed by atoms with Crippen LogP contribution in [0.25, 0.3) is 6.08 Å². The molecule has 2 aromatic rings. The van der Waals surface area contributed by atoms with Gasteiger partial charge >= 0.3 is 0 Å². The number of thiazole rings is 1. The second-order valence-corrected chi connectivity index (χ2v) is 5.53. The van der Waals surface area contributed by atoms with Crippen molar-refractivity contribution in [2.45, 2.75) is 6.92 Å². The molecule has 0 aliphatic carbocycles. The highest BCUT2D eigenvalue weighted by Crippen LogP contribution is 2.32. The molecule has 1 amide bonds. The molecule has 3 rings (SSSR count). The first kappa shape index (κ1) is 13.6. The highest BCUT2D eigenvalue weighted by Gasteiger charge is 2.12. The summed E-state index contributed by atoms with van der Waals surface area (Å²) >= 11 is 1.55. The predicted molar refractivity (Wildman–Crippen MR) is 81.9 cm³/mol. The van der Waals surface area contributed by atoms with Crippen LogP contribution in [0.5, 0.6) is 11.5 Å². The summed E-state index contributed by atoms with van der Waals surface area (Å²) in [6, 6.07) is 5.33. The maximum absolute atomic E-state index is 11.9. The number of nitrogens with one attached hydrogen (secondary N) is 1. The Balaban J connectivity index is 1.66. The van der Waals surface area contributed by atoms with E-state index in [-0.39, 0.29) is 5.91 Å². The summed E-state index contributed by atoms with van der Waals surface area (Å²) in [6.45, 7) is 3.00. The number of rotatable bonds is 3. The smallest absolute Gasteiger partial charge is 0.248 e. The minimum absolute atomic E-state index is 0.211. The first-order chi connectivity index (χ1) is 10.2. The summed E-state index contributed by atoms with van der Waals surface area (Å²) in [5, 5.41) is 5.66. The Kier molecular flexibility index (Phi) is 3.87. The van der Waals surface area contributed by atoms with E-state index in [2.05, 4.69) is 10.3 Å². The second kappa shape index (κ2) is 5.97.